The number of ether oxygens (including phenoxy) is 2. The number of esters is 1. The molecule has 7 nitrogen and oxygen atoms in total. The van der Waals surface area contributed by atoms with Crippen LogP contribution in [0.5, 0.6) is 5.75 Å². The van der Waals surface area contributed by atoms with Gasteiger partial charge in [-0.25, -0.2) is 4.79 Å². The molecule has 9 heteroatoms. The normalized spacial score (nSPS) is 14.7. The minimum atomic E-state index is -0.484. The summed E-state index contributed by atoms with van der Waals surface area (Å²) in [6.45, 7) is -0.197. The SMILES string of the molecule is COC(=O)COc1ccc(C=C2C(=O)N(C)C(=S)N(C)C2=O)cc1I. The lowest BCUT2D eigenvalue weighted by atomic mass is 10.1. The van der Waals surface area contributed by atoms with Crippen LogP contribution < -0.4 is 4.74 Å². The summed E-state index contributed by atoms with van der Waals surface area (Å²) in [6, 6.07) is 5.09. The molecule has 2 amide bonds. The fourth-order valence-corrected chi connectivity index (χ4v) is 2.92. The van der Waals surface area contributed by atoms with E-state index in [2.05, 4.69) is 4.74 Å². The molecule has 0 atom stereocenters. The zero-order valence-corrected chi connectivity index (χ0v) is 16.7. The fraction of sp³-hybridized carbons (Fsp3) is 0.250. The monoisotopic (exact) mass is 474 g/mol. The van der Waals surface area contributed by atoms with Gasteiger partial charge in [-0.2, -0.15) is 0 Å². The molecular weight excluding hydrogens is 459 g/mol. The van der Waals surface area contributed by atoms with Gasteiger partial charge in [-0.1, -0.05) is 6.07 Å². The number of likely N-dealkylation sites (N-methyl/N-ethyl adjacent to an activating group) is 2. The van der Waals surface area contributed by atoms with Gasteiger partial charge in [-0.05, 0) is 58.6 Å². The Labute approximate surface area is 163 Å². The van der Waals surface area contributed by atoms with E-state index in [0.29, 0.717) is 11.3 Å². The van der Waals surface area contributed by atoms with Gasteiger partial charge in [0.1, 0.15) is 11.3 Å². The van der Waals surface area contributed by atoms with Gasteiger partial charge in [0.25, 0.3) is 11.8 Å². The third-order valence-electron chi connectivity index (χ3n) is 3.48. The van der Waals surface area contributed by atoms with E-state index in [0.717, 1.165) is 3.57 Å². The predicted molar refractivity (Wildman–Crippen MR) is 103 cm³/mol. The zero-order chi connectivity index (χ0) is 18.7. The maximum absolute atomic E-state index is 12.3. The Hall–Kier alpha value is -2.01. The van der Waals surface area contributed by atoms with E-state index in [9.17, 15) is 14.4 Å². The standard InChI is InChI=1S/C16H15IN2O5S/c1-18-14(21)10(15(22)19(2)16(18)25)6-9-4-5-12(11(17)7-9)24-8-13(20)23-3/h4-7H,8H2,1-3H3. The van der Waals surface area contributed by atoms with E-state index in [1.54, 1.807) is 18.2 Å². The molecule has 1 aliphatic heterocycles. The average molecular weight is 474 g/mol. The van der Waals surface area contributed by atoms with Gasteiger partial charge in [0.15, 0.2) is 11.7 Å². The van der Waals surface area contributed by atoms with Gasteiger partial charge in [0.2, 0.25) is 0 Å². The Morgan fingerprint density at radius 2 is 1.84 bits per heavy atom. The zero-order valence-electron chi connectivity index (χ0n) is 13.7. The summed E-state index contributed by atoms with van der Waals surface area (Å²) in [5.41, 5.74) is 0.679. The molecule has 1 aliphatic rings. The molecule has 25 heavy (non-hydrogen) atoms. The number of halogens is 1. The summed E-state index contributed by atoms with van der Waals surface area (Å²) in [4.78, 5) is 38.2. The Balaban J connectivity index is 2.27. The van der Waals surface area contributed by atoms with Crippen LogP contribution >= 0.6 is 34.8 Å². The van der Waals surface area contributed by atoms with E-state index in [4.69, 9.17) is 17.0 Å². The van der Waals surface area contributed by atoms with Crippen LogP contribution in [-0.4, -0.2) is 60.5 Å². The molecule has 0 unspecified atom stereocenters. The second-order valence-electron chi connectivity index (χ2n) is 5.12. The number of hydrogen-bond donors (Lipinski definition) is 0. The van der Waals surface area contributed by atoms with Crippen LogP contribution in [0.25, 0.3) is 6.08 Å². The van der Waals surface area contributed by atoms with Gasteiger partial charge < -0.3 is 9.47 Å². The molecule has 0 radical (unpaired) electrons. The number of hydrogen-bond acceptors (Lipinski definition) is 6. The van der Waals surface area contributed by atoms with Crippen LogP contribution in [0, 0.1) is 3.57 Å². The molecule has 0 aliphatic carbocycles. The number of benzene rings is 1. The molecular formula is C16H15IN2O5S. The van der Waals surface area contributed by atoms with Gasteiger partial charge in [0, 0.05) is 14.1 Å². The van der Waals surface area contributed by atoms with E-state index in [-0.39, 0.29) is 17.3 Å². The molecule has 0 bridgehead atoms. The van der Waals surface area contributed by atoms with Crippen LogP contribution in [0.15, 0.2) is 23.8 Å². The van der Waals surface area contributed by atoms with Gasteiger partial charge in [-0.3, -0.25) is 19.4 Å². The summed E-state index contributed by atoms with van der Waals surface area (Å²) in [5, 5.41) is 0.160. The van der Waals surface area contributed by atoms with Gasteiger partial charge in [0.05, 0.1) is 10.7 Å². The lowest BCUT2D eigenvalue weighted by Crippen LogP contribution is -2.52. The van der Waals surface area contributed by atoms with Crippen LogP contribution in [0.4, 0.5) is 0 Å². The third kappa shape index (κ3) is 4.15. The van der Waals surface area contributed by atoms with Crippen molar-refractivity contribution in [2.24, 2.45) is 0 Å². The van der Waals surface area contributed by atoms with E-state index in [1.807, 2.05) is 22.6 Å². The number of carbonyl (C=O) groups is 3. The topological polar surface area (TPSA) is 76.2 Å². The summed E-state index contributed by atoms with van der Waals surface area (Å²) in [6.07, 6.45) is 1.51. The first-order valence-electron chi connectivity index (χ1n) is 7.07. The van der Waals surface area contributed by atoms with Crippen molar-refractivity contribution in [3.63, 3.8) is 0 Å². The first-order valence-corrected chi connectivity index (χ1v) is 8.56. The number of amides is 2. The largest absolute Gasteiger partial charge is 0.481 e. The first-order chi connectivity index (χ1) is 11.8. The number of carbonyl (C=O) groups excluding carboxylic acids is 3. The smallest absolute Gasteiger partial charge is 0.343 e. The number of thiocarbonyl (C=S) groups is 1. The lowest BCUT2D eigenvalue weighted by molar-refractivity contribution is -0.143. The summed E-state index contributed by atoms with van der Waals surface area (Å²) >= 11 is 7.09. The van der Waals surface area contributed by atoms with Crippen molar-refractivity contribution in [3.8, 4) is 5.75 Å². The molecule has 1 heterocycles. The Morgan fingerprint density at radius 1 is 1.24 bits per heavy atom. The molecule has 1 aromatic rings. The Bertz CT molecular complexity index is 767. The highest BCUT2D eigenvalue weighted by Gasteiger charge is 2.35. The predicted octanol–water partition coefficient (Wildman–Crippen LogP) is 1.44. The van der Waals surface area contributed by atoms with Crippen molar-refractivity contribution in [2.45, 2.75) is 0 Å². The highest BCUT2D eigenvalue weighted by atomic mass is 127. The molecule has 0 saturated carbocycles. The summed E-state index contributed by atoms with van der Waals surface area (Å²) in [7, 11) is 4.33. The van der Waals surface area contributed by atoms with Crippen molar-refractivity contribution in [2.75, 3.05) is 27.8 Å². The number of methoxy groups -OCH3 is 1. The molecule has 2 rings (SSSR count). The van der Waals surface area contributed by atoms with Crippen molar-refractivity contribution < 1.29 is 23.9 Å². The molecule has 0 spiro atoms. The molecule has 132 valence electrons. The quantitative estimate of drug-likeness (QED) is 0.216. The lowest BCUT2D eigenvalue weighted by Gasteiger charge is -2.31. The van der Waals surface area contributed by atoms with E-state index >= 15 is 0 Å². The molecule has 0 N–H and O–H groups in total. The average Bonchev–Trinajstić information content (AvgIpc) is 2.60. The minimum absolute atomic E-state index is 0.0256. The van der Waals surface area contributed by atoms with Crippen molar-refractivity contribution >= 4 is 63.8 Å². The molecule has 1 fully saturated rings. The molecule has 1 aromatic carbocycles. The highest BCUT2D eigenvalue weighted by Crippen LogP contribution is 2.25. The van der Waals surface area contributed by atoms with Crippen molar-refractivity contribution in [1.29, 1.82) is 0 Å². The van der Waals surface area contributed by atoms with Crippen molar-refractivity contribution in [3.05, 3.63) is 32.9 Å². The van der Waals surface area contributed by atoms with Crippen LogP contribution in [-0.2, 0) is 19.1 Å². The second kappa shape index (κ2) is 7.91. The number of nitrogens with zero attached hydrogens (tertiary/aromatic N) is 2. The van der Waals surface area contributed by atoms with Crippen LogP contribution in [0.2, 0.25) is 0 Å². The van der Waals surface area contributed by atoms with Crippen LogP contribution in [0.3, 0.4) is 0 Å². The number of rotatable bonds is 4. The Morgan fingerprint density at radius 3 is 2.36 bits per heavy atom. The molecule has 1 saturated heterocycles. The minimum Gasteiger partial charge on any atom is -0.481 e. The Kier molecular flexibility index (Phi) is 6.11. The fourth-order valence-electron chi connectivity index (χ4n) is 2.06. The van der Waals surface area contributed by atoms with Crippen molar-refractivity contribution in [1.82, 2.24) is 9.80 Å². The van der Waals surface area contributed by atoms with E-state index < -0.39 is 17.8 Å². The second-order valence-corrected chi connectivity index (χ2v) is 6.65. The van der Waals surface area contributed by atoms with Crippen LogP contribution in [0.1, 0.15) is 5.56 Å². The van der Waals surface area contributed by atoms with E-state index in [1.165, 1.54) is 37.1 Å². The maximum Gasteiger partial charge on any atom is 0.343 e. The maximum atomic E-state index is 12.3. The molecule has 0 aromatic heterocycles. The van der Waals surface area contributed by atoms with Gasteiger partial charge >= 0.3 is 5.97 Å². The highest BCUT2D eigenvalue weighted by molar-refractivity contribution is 14.1. The van der Waals surface area contributed by atoms with Gasteiger partial charge in [-0.15, -0.1) is 0 Å². The first kappa shape index (κ1) is 19.3. The third-order valence-corrected chi connectivity index (χ3v) is 4.87. The summed E-state index contributed by atoms with van der Waals surface area (Å²) in [5.74, 6) is -0.879. The summed E-state index contributed by atoms with van der Waals surface area (Å²) < 4.78 is 10.6.